The average Bonchev–Trinajstić information content (AvgIpc) is 2.45. The number of carbonyl (C=O) groups is 3. The van der Waals surface area contributed by atoms with E-state index in [1.165, 1.54) is 24.4 Å². The van der Waals surface area contributed by atoms with E-state index in [0.717, 1.165) is 0 Å². The van der Waals surface area contributed by atoms with E-state index in [-0.39, 0.29) is 12.0 Å². The summed E-state index contributed by atoms with van der Waals surface area (Å²) >= 11 is 0. The molecule has 110 valence electrons. The molecule has 0 aliphatic rings. The summed E-state index contributed by atoms with van der Waals surface area (Å²) in [4.78, 5) is 33.2. The minimum absolute atomic E-state index is 0.162. The largest absolute Gasteiger partial charge is 0.478 e. The summed E-state index contributed by atoms with van der Waals surface area (Å²) < 4.78 is 0. The SMILES string of the molecule is C=CCNC(=O)CC(=O)NN=Cc1ccc(C(=O)O)cc1. The van der Waals surface area contributed by atoms with Crippen molar-refractivity contribution in [2.24, 2.45) is 5.10 Å². The lowest BCUT2D eigenvalue weighted by Crippen LogP contribution is -2.29. The summed E-state index contributed by atoms with van der Waals surface area (Å²) in [6.07, 6.45) is 2.53. The van der Waals surface area contributed by atoms with Crippen LogP contribution < -0.4 is 10.7 Å². The van der Waals surface area contributed by atoms with Crippen LogP contribution in [0.1, 0.15) is 22.3 Å². The summed E-state index contributed by atoms with van der Waals surface area (Å²) in [5, 5.41) is 14.9. The van der Waals surface area contributed by atoms with Crippen molar-refractivity contribution in [3.8, 4) is 0 Å². The van der Waals surface area contributed by atoms with E-state index < -0.39 is 17.8 Å². The highest BCUT2D eigenvalue weighted by molar-refractivity contribution is 5.97. The van der Waals surface area contributed by atoms with Gasteiger partial charge in [0.05, 0.1) is 11.8 Å². The zero-order chi connectivity index (χ0) is 15.7. The number of nitrogens with zero attached hydrogens (tertiary/aromatic N) is 1. The zero-order valence-electron chi connectivity index (χ0n) is 11.2. The van der Waals surface area contributed by atoms with Gasteiger partial charge >= 0.3 is 5.97 Å². The molecule has 0 saturated heterocycles. The van der Waals surface area contributed by atoms with Crippen LogP contribution >= 0.6 is 0 Å². The van der Waals surface area contributed by atoms with Crippen LogP contribution in [0.5, 0.6) is 0 Å². The van der Waals surface area contributed by atoms with Gasteiger partial charge in [0.15, 0.2) is 0 Å². The maximum Gasteiger partial charge on any atom is 0.335 e. The first-order valence-corrected chi connectivity index (χ1v) is 6.05. The number of aromatic carboxylic acids is 1. The van der Waals surface area contributed by atoms with E-state index in [9.17, 15) is 14.4 Å². The first-order chi connectivity index (χ1) is 10.0. The molecule has 0 radical (unpaired) electrons. The normalized spacial score (nSPS) is 10.1. The number of hydrogen-bond acceptors (Lipinski definition) is 4. The minimum Gasteiger partial charge on any atom is -0.478 e. The highest BCUT2D eigenvalue weighted by atomic mass is 16.4. The molecule has 7 heteroatoms. The van der Waals surface area contributed by atoms with Crippen LogP contribution in [-0.4, -0.2) is 35.6 Å². The molecule has 0 aromatic heterocycles. The first kappa shape index (κ1) is 16.1. The molecule has 0 aliphatic carbocycles. The Morgan fingerprint density at radius 2 is 1.86 bits per heavy atom. The molecule has 0 saturated carbocycles. The van der Waals surface area contributed by atoms with Crippen LogP contribution in [0.2, 0.25) is 0 Å². The van der Waals surface area contributed by atoms with Gasteiger partial charge in [-0.05, 0) is 17.7 Å². The van der Waals surface area contributed by atoms with Crippen LogP contribution in [0.4, 0.5) is 0 Å². The highest BCUT2D eigenvalue weighted by Crippen LogP contribution is 2.02. The summed E-state index contributed by atoms with van der Waals surface area (Å²) in [7, 11) is 0. The van der Waals surface area contributed by atoms with E-state index >= 15 is 0 Å². The maximum atomic E-state index is 11.4. The predicted molar refractivity (Wildman–Crippen MR) is 77.0 cm³/mol. The van der Waals surface area contributed by atoms with Crippen molar-refractivity contribution in [3.63, 3.8) is 0 Å². The smallest absolute Gasteiger partial charge is 0.335 e. The lowest BCUT2D eigenvalue weighted by atomic mass is 10.1. The third-order valence-corrected chi connectivity index (χ3v) is 2.33. The Morgan fingerprint density at radius 1 is 1.19 bits per heavy atom. The van der Waals surface area contributed by atoms with Crippen molar-refractivity contribution in [2.75, 3.05) is 6.54 Å². The van der Waals surface area contributed by atoms with Crippen molar-refractivity contribution in [3.05, 3.63) is 48.0 Å². The number of amides is 2. The molecule has 0 unspecified atom stereocenters. The predicted octanol–water partition coefficient (Wildman–Crippen LogP) is 0.527. The molecule has 1 aromatic carbocycles. The van der Waals surface area contributed by atoms with Crippen molar-refractivity contribution in [1.29, 1.82) is 0 Å². The minimum atomic E-state index is -1.02. The van der Waals surface area contributed by atoms with Gasteiger partial charge in [-0.25, -0.2) is 10.2 Å². The van der Waals surface area contributed by atoms with Gasteiger partial charge in [-0.2, -0.15) is 5.10 Å². The Balaban J connectivity index is 2.43. The highest BCUT2D eigenvalue weighted by Gasteiger charge is 2.06. The number of rotatable bonds is 7. The molecule has 0 fully saturated rings. The fourth-order valence-electron chi connectivity index (χ4n) is 1.32. The number of carbonyl (C=O) groups excluding carboxylic acids is 2. The van der Waals surface area contributed by atoms with Crippen LogP contribution in [0.3, 0.4) is 0 Å². The standard InChI is InChI=1S/C14H15N3O4/c1-2-7-15-12(18)8-13(19)17-16-9-10-3-5-11(6-4-10)14(20)21/h2-6,9H,1,7-8H2,(H,15,18)(H,17,19)(H,20,21). The third-order valence-electron chi connectivity index (χ3n) is 2.33. The van der Waals surface area contributed by atoms with Gasteiger partial charge in [0, 0.05) is 6.54 Å². The quantitative estimate of drug-likeness (QED) is 0.294. The van der Waals surface area contributed by atoms with Crippen LogP contribution in [0.25, 0.3) is 0 Å². The van der Waals surface area contributed by atoms with Gasteiger partial charge in [-0.1, -0.05) is 18.2 Å². The Morgan fingerprint density at radius 3 is 2.43 bits per heavy atom. The van der Waals surface area contributed by atoms with E-state index in [2.05, 4.69) is 22.4 Å². The van der Waals surface area contributed by atoms with E-state index in [1.54, 1.807) is 12.1 Å². The second kappa shape index (κ2) is 8.26. The molecule has 1 aromatic rings. The maximum absolute atomic E-state index is 11.4. The summed E-state index contributed by atoms with van der Waals surface area (Å²) in [5.74, 6) is -1.99. The van der Waals surface area contributed by atoms with Gasteiger partial charge in [-0.3, -0.25) is 9.59 Å². The monoisotopic (exact) mass is 289 g/mol. The van der Waals surface area contributed by atoms with Crippen molar-refractivity contribution in [1.82, 2.24) is 10.7 Å². The molecule has 2 amide bonds. The van der Waals surface area contributed by atoms with Crippen molar-refractivity contribution >= 4 is 24.0 Å². The van der Waals surface area contributed by atoms with E-state index in [0.29, 0.717) is 12.1 Å². The molecular formula is C14H15N3O4. The Kier molecular flexibility index (Phi) is 6.33. The summed E-state index contributed by atoms with van der Waals surface area (Å²) in [6, 6.07) is 5.95. The van der Waals surface area contributed by atoms with Gasteiger partial charge in [0.1, 0.15) is 6.42 Å². The molecule has 0 spiro atoms. The number of carboxylic acids is 1. The number of benzene rings is 1. The van der Waals surface area contributed by atoms with Crippen LogP contribution in [-0.2, 0) is 9.59 Å². The topological polar surface area (TPSA) is 108 Å². The first-order valence-electron chi connectivity index (χ1n) is 6.05. The Hall–Kier alpha value is -2.96. The number of carboxylic acid groups (broad SMARTS) is 1. The molecule has 0 atom stereocenters. The van der Waals surface area contributed by atoms with Crippen molar-refractivity contribution in [2.45, 2.75) is 6.42 Å². The molecule has 7 nitrogen and oxygen atoms in total. The molecular weight excluding hydrogens is 274 g/mol. The molecule has 21 heavy (non-hydrogen) atoms. The lowest BCUT2D eigenvalue weighted by molar-refractivity contribution is -0.129. The van der Waals surface area contributed by atoms with Crippen molar-refractivity contribution < 1.29 is 19.5 Å². The summed E-state index contributed by atoms with van der Waals surface area (Å²) in [6.45, 7) is 3.73. The Labute approximate surface area is 121 Å². The van der Waals surface area contributed by atoms with E-state index in [1.807, 2.05) is 0 Å². The fourth-order valence-corrected chi connectivity index (χ4v) is 1.32. The summed E-state index contributed by atoms with van der Waals surface area (Å²) in [5.41, 5.74) is 2.99. The average molecular weight is 289 g/mol. The fraction of sp³-hybridized carbons (Fsp3) is 0.143. The third kappa shape index (κ3) is 6.15. The molecule has 0 bridgehead atoms. The lowest BCUT2D eigenvalue weighted by Gasteiger charge is -2.01. The van der Waals surface area contributed by atoms with Gasteiger partial charge in [0.2, 0.25) is 11.8 Å². The van der Waals surface area contributed by atoms with Gasteiger partial charge < -0.3 is 10.4 Å². The molecule has 1 rings (SSSR count). The zero-order valence-corrected chi connectivity index (χ0v) is 11.2. The molecule has 3 N–H and O–H groups in total. The van der Waals surface area contributed by atoms with E-state index in [4.69, 9.17) is 5.11 Å². The Bertz CT molecular complexity index is 564. The molecule has 0 aliphatic heterocycles. The van der Waals surface area contributed by atoms with Gasteiger partial charge in [-0.15, -0.1) is 6.58 Å². The van der Waals surface area contributed by atoms with Crippen LogP contribution in [0.15, 0.2) is 42.0 Å². The number of nitrogens with one attached hydrogen (secondary N) is 2. The second-order valence-electron chi connectivity index (χ2n) is 3.99. The second-order valence-corrected chi connectivity index (χ2v) is 3.99. The molecule has 0 heterocycles. The number of hydrogen-bond donors (Lipinski definition) is 3. The van der Waals surface area contributed by atoms with Gasteiger partial charge in [0.25, 0.3) is 0 Å². The number of hydrazone groups is 1. The van der Waals surface area contributed by atoms with Crippen LogP contribution in [0, 0.1) is 0 Å².